The van der Waals surface area contributed by atoms with Gasteiger partial charge >= 0.3 is 0 Å². The fourth-order valence-electron chi connectivity index (χ4n) is 0.670. The minimum Gasteiger partial charge on any atom is -0.545 e. The van der Waals surface area contributed by atoms with E-state index in [-0.39, 0.29) is 11.1 Å². The molecule has 11 heavy (non-hydrogen) atoms. The largest absolute Gasteiger partial charge is 0.545 e. The van der Waals surface area contributed by atoms with E-state index >= 15 is 0 Å². The SMILES string of the molecule is Cc1cc(C(=O)[O-])cnc1F. The summed E-state index contributed by atoms with van der Waals surface area (Å²) in [6, 6.07) is 1.18. The van der Waals surface area contributed by atoms with Gasteiger partial charge in [-0.1, -0.05) is 0 Å². The molecule has 1 rings (SSSR count). The van der Waals surface area contributed by atoms with Gasteiger partial charge < -0.3 is 9.90 Å². The van der Waals surface area contributed by atoms with E-state index in [9.17, 15) is 14.3 Å². The monoisotopic (exact) mass is 154 g/mol. The Hall–Kier alpha value is -1.45. The summed E-state index contributed by atoms with van der Waals surface area (Å²) in [6.45, 7) is 1.44. The van der Waals surface area contributed by atoms with E-state index in [0.717, 1.165) is 6.20 Å². The third-order valence-electron chi connectivity index (χ3n) is 1.25. The fraction of sp³-hybridized carbons (Fsp3) is 0.143. The maximum Gasteiger partial charge on any atom is 0.215 e. The van der Waals surface area contributed by atoms with Crippen LogP contribution >= 0.6 is 0 Å². The Morgan fingerprint density at radius 1 is 1.73 bits per heavy atom. The number of aromatic nitrogens is 1. The van der Waals surface area contributed by atoms with Gasteiger partial charge in [-0.15, -0.1) is 0 Å². The van der Waals surface area contributed by atoms with Crippen molar-refractivity contribution < 1.29 is 14.3 Å². The van der Waals surface area contributed by atoms with Gasteiger partial charge in [-0.05, 0) is 13.0 Å². The van der Waals surface area contributed by atoms with Crippen molar-refractivity contribution >= 4 is 5.97 Å². The Morgan fingerprint density at radius 2 is 2.36 bits per heavy atom. The lowest BCUT2D eigenvalue weighted by molar-refractivity contribution is -0.255. The van der Waals surface area contributed by atoms with Gasteiger partial charge in [-0.2, -0.15) is 4.39 Å². The molecular formula is C7H5FNO2-. The van der Waals surface area contributed by atoms with Gasteiger partial charge in [-0.25, -0.2) is 4.98 Å². The van der Waals surface area contributed by atoms with E-state index in [1.165, 1.54) is 13.0 Å². The molecular weight excluding hydrogens is 149 g/mol. The number of pyridine rings is 1. The molecule has 1 aromatic rings. The number of carboxylic acids is 1. The summed E-state index contributed by atoms with van der Waals surface area (Å²) in [4.78, 5) is 13.4. The molecule has 1 aromatic heterocycles. The molecule has 0 unspecified atom stereocenters. The number of carbonyl (C=O) groups is 1. The number of carboxylic acid groups (broad SMARTS) is 1. The van der Waals surface area contributed by atoms with Crippen molar-refractivity contribution in [1.29, 1.82) is 0 Å². The standard InChI is InChI=1S/C7H6FNO2/c1-4-2-5(7(10)11)3-9-6(4)8/h2-3H,1H3,(H,10,11)/p-1. The summed E-state index contributed by atoms with van der Waals surface area (Å²) in [5, 5.41) is 10.2. The van der Waals surface area contributed by atoms with Crippen LogP contribution in [0.25, 0.3) is 0 Å². The first-order valence-electron chi connectivity index (χ1n) is 2.95. The molecule has 0 fully saturated rings. The van der Waals surface area contributed by atoms with Gasteiger partial charge in [0.05, 0.1) is 5.97 Å². The van der Waals surface area contributed by atoms with Gasteiger partial charge in [0.25, 0.3) is 0 Å². The third kappa shape index (κ3) is 1.52. The van der Waals surface area contributed by atoms with E-state index in [4.69, 9.17) is 0 Å². The first kappa shape index (κ1) is 7.65. The molecule has 0 aromatic carbocycles. The Labute approximate surface area is 62.5 Å². The topological polar surface area (TPSA) is 53.0 Å². The van der Waals surface area contributed by atoms with Crippen LogP contribution in [0.4, 0.5) is 4.39 Å². The molecule has 0 saturated carbocycles. The molecule has 1 heterocycles. The summed E-state index contributed by atoms with van der Waals surface area (Å²) in [5.74, 6) is -2.00. The van der Waals surface area contributed by atoms with Crippen molar-refractivity contribution in [3.8, 4) is 0 Å². The number of aryl methyl sites for hydroxylation is 1. The zero-order valence-corrected chi connectivity index (χ0v) is 5.80. The molecule has 0 radical (unpaired) electrons. The van der Waals surface area contributed by atoms with Gasteiger partial charge in [0.15, 0.2) is 0 Å². The highest BCUT2D eigenvalue weighted by molar-refractivity contribution is 5.85. The highest BCUT2D eigenvalue weighted by Gasteiger charge is 1.99. The summed E-state index contributed by atoms with van der Waals surface area (Å²) >= 11 is 0. The van der Waals surface area contributed by atoms with Crippen LogP contribution in [-0.2, 0) is 0 Å². The zero-order chi connectivity index (χ0) is 8.43. The molecule has 3 nitrogen and oxygen atoms in total. The summed E-state index contributed by atoms with van der Waals surface area (Å²) < 4.78 is 12.4. The summed E-state index contributed by atoms with van der Waals surface area (Å²) in [7, 11) is 0. The minimum atomic E-state index is -1.35. The van der Waals surface area contributed by atoms with E-state index in [1.807, 2.05) is 0 Å². The van der Waals surface area contributed by atoms with E-state index in [1.54, 1.807) is 0 Å². The number of hydrogen-bond acceptors (Lipinski definition) is 3. The van der Waals surface area contributed by atoms with Crippen molar-refractivity contribution in [1.82, 2.24) is 4.98 Å². The van der Waals surface area contributed by atoms with Crippen LogP contribution < -0.4 is 5.11 Å². The molecule has 0 aliphatic carbocycles. The molecule has 58 valence electrons. The molecule has 0 spiro atoms. The van der Waals surface area contributed by atoms with Crippen LogP contribution in [0.1, 0.15) is 15.9 Å². The molecule has 0 aliphatic rings. The second-order valence-corrected chi connectivity index (χ2v) is 2.12. The number of hydrogen-bond donors (Lipinski definition) is 0. The molecule has 0 saturated heterocycles. The number of nitrogens with zero attached hydrogens (tertiary/aromatic N) is 1. The van der Waals surface area contributed by atoms with Crippen molar-refractivity contribution in [3.63, 3.8) is 0 Å². The lowest BCUT2D eigenvalue weighted by Gasteiger charge is -2.01. The second kappa shape index (κ2) is 2.65. The fourth-order valence-corrected chi connectivity index (χ4v) is 0.670. The zero-order valence-electron chi connectivity index (χ0n) is 5.80. The molecule has 0 aliphatic heterocycles. The van der Waals surface area contributed by atoms with Crippen LogP contribution in [-0.4, -0.2) is 11.0 Å². The van der Waals surface area contributed by atoms with E-state index in [0.29, 0.717) is 0 Å². The number of carbonyl (C=O) groups excluding carboxylic acids is 1. The van der Waals surface area contributed by atoms with Crippen molar-refractivity contribution in [3.05, 3.63) is 29.3 Å². The van der Waals surface area contributed by atoms with Gasteiger partial charge in [0.2, 0.25) is 5.95 Å². The maximum absolute atomic E-state index is 12.4. The average Bonchev–Trinajstić information content (AvgIpc) is 1.94. The van der Waals surface area contributed by atoms with Gasteiger partial charge in [0, 0.05) is 17.3 Å². The first-order valence-corrected chi connectivity index (χ1v) is 2.95. The highest BCUT2D eigenvalue weighted by Crippen LogP contribution is 2.04. The lowest BCUT2D eigenvalue weighted by atomic mass is 10.2. The van der Waals surface area contributed by atoms with Crippen molar-refractivity contribution in [2.75, 3.05) is 0 Å². The van der Waals surface area contributed by atoms with Gasteiger partial charge in [0.1, 0.15) is 0 Å². The predicted octanol–water partition coefficient (Wildman–Crippen LogP) is -0.107. The van der Waals surface area contributed by atoms with Crippen LogP contribution in [0, 0.1) is 12.9 Å². The van der Waals surface area contributed by atoms with Crippen LogP contribution in [0.2, 0.25) is 0 Å². The Kier molecular flexibility index (Phi) is 1.85. The quantitative estimate of drug-likeness (QED) is 0.530. The highest BCUT2D eigenvalue weighted by atomic mass is 19.1. The van der Waals surface area contributed by atoms with Crippen LogP contribution in [0.15, 0.2) is 12.3 Å². The Morgan fingerprint density at radius 3 is 2.82 bits per heavy atom. The molecule has 4 heteroatoms. The average molecular weight is 154 g/mol. The summed E-state index contributed by atoms with van der Waals surface area (Å²) in [5.41, 5.74) is 0.0931. The second-order valence-electron chi connectivity index (χ2n) is 2.12. The van der Waals surface area contributed by atoms with Crippen molar-refractivity contribution in [2.24, 2.45) is 0 Å². The predicted molar refractivity (Wildman–Crippen MR) is 33.3 cm³/mol. The van der Waals surface area contributed by atoms with Crippen molar-refractivity contribution in [2.45, 2.75) is 6.92 Å². The molecule has 0 amide bonds. The Balaban J connectivity index is 3.15. The molecule has 0 bridgehead atoms. The normalized spacial score (nSPS) is 9.64. The van der Waals surface area contributed by atoms with E-state index in [2.05, 4.69) is 4.98 Å². The van der Waals surface area contributed by atoms with Crippen LogP contribution in [0.5, 0.6) is 0 Å². The molecule has 0 N–H and O–H groups in total. The van der Waals surface area contributed by atoms with Gasteiger partial charge in [-0.3, -0.25) is 0 Å². The third-order valence-corrected chi connectivity index (χ3v) is 1.25. The van der Waals surface area contributed by atoms with Crippen LogP contribution in [0.3, 0.4) is 0 Å². The number of rotatable bonds is 1. The first-order chi connectivity index (χ1) is 5.11. The lowest BCUT2D eigenvalue weighted by Crippen LogP contribution is -2.22. The molecule has 0 atom stereocenters. The Bertz CT molecular complexity index is 298. The number of halogens is 1. The number of aromatic carboxylic acids is 1. The minimum absolute atomic E-state index is 0.107. The summed E-state index contributed by atoms with van der Waals surface area (Å²) in [6.07, 6.45) is 0.928. The van der Waals surface area contributed by atoms with E-state index < -0.39 is 11.9 Å². The smallest absolute Gasteiger partial charge is 0.215 e. The maximum atomic E-state index is 12.4.